The van der Waals surface area contributed by atoms with E-state index in [2.05, 4.69) is 9.88 Å². The van der Waals surface area contributed by atoms with E-state index in [0.717, 1.165) is 24.5 Å². The van der Waals surface area contributed by atoms with Crippen LogP contribution in [0, 0.1) is 5.82 Å². The van der Waals surface area contributed by atoms with Gasteiger partial charge in [0, 0.05) is 32.4 Å². The number of nitrogens with zero attached hydrogens (tertiary/aromatic N) is 4. The Labute approximate surface area is 138 Å². The zero-order valence-electron chi connectivity index (χ0n) is 13.3. The number of rotatable bonds is 2. The van der Waals surface area contributed by atoms with Crippen molar-refractivity contribution >= 4 is 17.0 Å². The molecule has 0 amide bonds. The number of aromatic nitrogens is 2. The second-order valence-corrected chi connectivity index (χ2v) is 5.99. The third-order valence-electron chi connectivity index (χ3n) is 4.37. The van der Waals surface area contributed by atoms with E-state index in [1.807, 2.05) is 24.1 Å². The highest BCUT2D eigenvalue weighted by Gasteiger charge is 2.21. The maximum Gasteiger partial charge on any atom is 0.258 e. The second kappa shape index (κ2) is 5.63. The van der Waals surface area contributed by atoms with E-state index < -0.39 is 0 Å². The summed E-state index contributed by atoms with van der Waals surface area (Å²) >= 11 is 0. The molecule has 3 heterocycles. The van der Waals surface area contributed by atoms with Crippen LogP contribution in [0.15, 0.2) is 53.5 Å². The van der Waals surface area contributed by atoms with Crippen LogP contribution >= 0.6 is 0 Å². The molecule has 0 atom stereocenters. The van der Waals surface area contributed by atoms with Gasteiger partial charge in [-0.05, 0) is 30.3 Å². The molecule has 0 aliphatic carbocycles. The molecule has 0 radical (unpaired) electrons. The first-order chi connectivity index (χ1) is 11.6. The third-order valence-corrected chi connectivity index (χ3v) is 4.37. The van der Waals surface area contributed by atoms with E-state index in [-0.39, 0.29) is 11.4 Å². The van der Waals surface area contributed by atoms with Gasteiger partial charge in [-0.25, -0.2) is 9.37 Å². The Morgan fingerprint density at radius 2 is 2.00 bits per heavy atom. The number of hydrogen-bond donors (Lipinski definition) is 0. The molecule has 0 spiro atoms. The molecule has 1 aliphatic rings. The highest BCUT2D eigenvalue weighted by atomic mass is 19.1. The number of fused-ring (bicyclic) bond motifs is 2. The first kappa shape index (κ1) is 14.7. The summed E-state index contributed by atoms with van der Waals surface area (Å²) in [7, 11) is 1.95. The molecular formula is C18H17FN4O. The molecule has 0 unspecified atom stereocenters. The highest BCUT2D eigenvalue weighted by molar-refractivity contribution is 5.73. The number of halogens is 1. The molecule has 6 heteroatoms. The molecule has 0 fully saturated rings. The fraction of sp³-hybridized carbons (Fsp3) is 0.222. The number of anilines is 2. The Morgan fingerprint density at radius 1 is 1.12 bits per heavy atom. The normalized spacial score (nSPS) is 14.1. The van der Waals surface area contributed by atoms with Crippen molar-refractivity contribution in [3.05, 3.63) is 70.5 Å². The van der Waals surface area contributed by atoms with Gasteiger partial charge in [-0.3, -0.25) is 9.20 Å². The summed E-state index contributed by atoms with van der Waals surface area (Å²) in [5, 5.41) is 0. The Balaban J connectivity index is 1.72. The molecule has 122 valence electrons. The maximum absolute atomic E-state index is 13.5. The van der Waals surface area contributed by atoms with Crippen molar-refractivity contribution in [3.63, 3.8) is 0 Å². The van der Waals surface area contributed by atoms with Crippen molar-refractivity contribution in [2.75, 3.05) is 29.9 Å². The van der Waals surface area contributed by atoms with Crippen molar-refractivity contribution in [1.82, 2.24) is 9.38 Å². The minimum Gasteiger partial charge on any atom is -0.371 e. The number of likely N-dealkylation sites (N-methyl/N-ethyl adjacent to an activating group) is 1. The van der Waals surface area contributed by atoms with Crippen LogP contribution in [0.1, 0.15) is 5.69 Å². The van der Waals surface area contributed by atoms with Gasteiger partial charge in [0.05, 0.1) is 23.6 Å². The fourth-order valence-corrected chi connectivity index (χ4v) is 3.13. The van der Waals surface area contributed by atoms with E-state index in [0.29, 0.717) is 17.9 Å². The molecule has 0 saturated heterocycles. The lowest BCUT2D eigenvalue weighted by atomic mass is 10.1. The van der Waals surface area contributed by atoms with Gasteiger partial charge in [0.1, 0.15) is 11.5 Å². The van der Waals surface area contributed by atoms with Crippen LogP contribution in [0.25, 0.3) is 5.65 Å². The molecular weight excluding hydrogens is 307 g/mol. The van der Waals surface area contributed by atoms with Crippen molar-refractivity contribution in [2.24, 2.45) is 0 Å². The van der Waals surface area contributed by atoms with Gasteiger partial charge in [0.2, 0.25) is 0 Å². The van der Waals surface area contributed by atoms with Crippen LogP contribution in [0.4, 0.5) is 15.8 Å². The molecule has 4 rings (SSSR count). The van der Waals surface area contributed by atoms with Crippen LogP contribution in [-0.4, -0.2) is 29.5 Å². The highest BCUT2D eigenvalue weighted by Crippen LogP contribution is 2.33. The molecule has 1 aliphatic heterocycles. The molecule has 24 heavy (non-hydrogen) atoms. The third kappa shape index (κ3) is 2.50. The Morgan fingerprint density at radius 3 is 2.88 bits per heavy atom. The van der Waals surface area contributed by atoms with Crippen LogP contribution in [0.2, 0.25) is 0 Å². The zero-order chi connectivity index (χ0) is 16.7. The quantitative estimate of drug-likeness (QED) is 0.725. The van der Waals surface area contributed by atoms with Gasteiger partial charge in [-0.2, -0.15) is 0 Å². The lowest BCUT2D eigenvalue weighted by Crippen LogP contribution is -2.39. The molecule has 0 N–H and O–H groups in total. The summed E-state index contributed by atoms with van der Waals surface area (Å²) in [5.41, 5.74) is 3.07. The second-order valence-electron chi connectivity index (χ2n) is 5.99. The smallest absolute Gasteiger partial charge is 0.258 e. The van der Waals surface area contributed by atoms with Gasteiger partial charge in [0.15, 0.2) is 0 Å². The predicted molar refractivity (Wildman–Crippen MR) is 92.2 cm³/mol. The number of benzene rings is 1. The SMILES string of the molecule is CN1CCN(Cc2cc(=O)n3ccccc3n2)c2ccc(F)cc21. The Kier molecular flexibility index (Phi) is 3.45. The molecule has 3 aromatic rings. The van der Waals surface area contributed by atoms with E-state index in [9.17, 15) is 9.18 Å². The largest absolute Gasteiger partial charge is 0.371 e. The lowest BCUT2D eigenvalue weighted by molar-refractivity contribution is 0.624. The van der Waals surface area contributed by atoms with E-state index in [1.165, 1.54) is 10.5 Å². The summed E-state index contributed by atoms with van der Waals surface area (Å²) in [6, 6.07) is 11.8. The van der Waals surface area contributed by atoms with Crippen LogP contribution < -0.4 is 15.4 Å². The summed E-state index contributed by atoms with van der Waals surface area (Å²) in [6.07, 6.45) is 1.71. The van der Waals surface area contributed by atoms with Crippen molar-refractivity contribution in [2.45, 2.75) is 6.54 Å². The van der Waals surface area contributed by atoms with Crippen molar-refractivity contribution in [3.8, 4) is 0 Å². The van der Waals surface area contributed by atoms with Gasteiger partial charge in [-0.15, -0.1) is 0 Å². The zero-order valence-corrected chi connectivity index (χ0v) is 13.3. The summed E-state index contributed by atoms with van der Waals surface area (Å²) < 4.78 is 15.1. The monoisotopic (exact) mass is 324 g/mol. The first-order valence-electron chi connectivity index (χ1n) is 7.85. The van der Waals surface area contributed by atoms with Crippen molar-refractivity contribution < 1.29 is 4.39 Å². The van der Waals surface area contributed by atoms with E-state index in [1.54, 1.807) is 30.5 Å². The van der Waals surface area contributed by atoms with E-state index in [4.69, 9.17) is 0 Å². The first-order valence-corrected chi connectivity index (χ1v) is 7.85. The maximum atomic E-state index is 13.5. The molecule has 2 aromatic heterocycles. The molecule has 1 aromatic carbocycles. The minimum absolute atomic E-state index is 0.0935. The predicted octanol–water partition coefficient (Wildman–Crippen LogP) is 2.29. The Bertz CT molecular complexity index is 969. The van der Waals surface area contributed by atoms with Crippen LogP contribution in [-0.2, 0) is 6.54 Å². The minimum atomic E-state index is -0.246. The van der Waals surface area contributed by atoms with Crippen LogP contribution in [0.5, 0.6) is 0 Å². The number of pyridine rings is 1. The summed E-state index contributed by atoms with van der Waals surface area (Å²) in [6.45, 7) is 2.11. The molecule has 5 nitrogen and oxygen atoms in total. The topological polar surface area (TPSA) is 40.9 Å². The average Bonchev–Trinajstić information content (AvgIpc) is 2.58. The fourth-order valence-electron chi connectivity index (χ4n) is 3.13. The van der Waals surface area contributed by atoms with Gasteiger partial charge in [-0.1, -0.05) is 6.07 Å². The summed E-state index contributed by atoms with van der Waals surface area (Å²) in [5.74, 6) is -0.246. The lowest BCUT2D eigenvalue weighted by Gasteiger charge is -2.36. The average molecular weight is 324 g/mol. The Hall–Kier alpha value is -2.89. The van der Waals surface area contributed by atoms with E-state index >= 15 is 0 Å². The van der Waals surface area contributed by atoms with Gasteiger partial charge < -0.3 is 9.80 Å². The molecule has 0 bridgehead atoms. The van der Waals surface area contributed by atoms with Gasteiger partial charge in [0.25, 0.3) is 5.56 Å². The van der Waals surface area contributed by atoms with Gasteiger partial charge >= 0.3 is 0 Å². The number of hydrogen-bond acceptors (Lipinski definition) is 4. The summed E-state index contributed by atoms with van der Waals surface area (Å²) in [4.78, 5) is 21.0. The van der Waals surface area contributed by atoms with Crippen molar-refractivity contribution in [1.29, 1.82) is 0 Å². The van der Waals surface area contributed by atoms with Crippen LogP contribution in [0.3, 0.4) is 0 Å². The molecule has 0 saturated carbocycles. The standard InChI is InChI=1S/C18H17FN4O/c1-21-8-9-22(15-6-5-13(19)10-16(15)21)12-14-11-18(24)23-7-3-2-4-17(23)20-14/h2-7,10-11H,8-9,12H2,1H3.